The summed E-state index contributed by atoms with van der Waals surface area (Å²) in [6.45, 7) is 3.28. The molecule has 1 aliphatic carbocycles. The van der Waals surface area contributed by atoms with Crippen LogP contribution >= 0.6 is 7.82 Å². The van der Waals surface area contributed by atoms with E-state index in [2.05, 4.69) is 62.5 Å². The van der Waals surface area contributed by atoms with Crippen LogP contribution in [0.25, 0.3) is 0 Å². The Morgan fingerprint density at radius 1 is 0.463 bits per heavy atom. The number of aliphatic hydroxyl groups excluding tert-OH is 5. The van der Waals surface area contributed by atoms with Gasteiger partial charge in [-0.2, -0.15) is 0 Å². The molecule has 14 heteroatoms. The molecule has 6 N–H and O–H groups in total. The molecular formula is C53H95O13P. The molecule has 0 aliphatic heterocycles. The van der Waals surface area contributed by atoms with Crippen LogP contribution in [0.5, 0.6) is 0 Å². The molecule has 0 aromatic rings. The lowest BCUT2D eigenvalue weighted by molar-refractivity contribution is -0.220. The van der Waals surface area contributed by atoms with Crippen molar-refractivity contribution in [1.29, 1.82) is 0 Å². The molecule has 390 valence electrons. The van der Waals surface area contributed by atoms with E-state index < -0.39 is 75.7 Å². The quantitative estimate of drug-likeness (QED) is 0.0145. The number of phosphoric ester groups is 1. The average molecular weight is 971 g/mol. The second kappa shape index (κ2) is 42.7. The minimum atomic E-state index is -5.13. The normalized spacial score (nSPS) is 21.5. The summed E-state index contributed by atoms with van der Waals surface area (Å²) in [6, 6.07) is 0. The summed E-state index contributed by atoms with van der Waals surface area (Å²) in [6.07, 6.45) is 38.7. The average Bonchev–Trinajstić information content (AvgIpc) is 3.31. The van der Waals surface area contributed by atoms with Crippen LogP contribution in [-0.4, -0.2) is 98.3 Å². The third-order valence-electron chi connectivity index (χ3n) is 12.2. The Kier molecular flexibility index (Phi) is 40.0. The first-order chi connectivity index (χ1) is 32.4. The number of carbonyl (C=O) groups is 2. The van der Waals surface area contributed by atoms with Gasteiger partial charge in [-0.25, -0.2) is 4.57 Å². The fourth-order valence-corrected chi connectivity index (χ4v) is 8.89. The fourth-order valence-electron chi connectivity index (χ4n) is 7.92. The van der Waals surface area contributed by atoms with E-state index in [9.17, 15) is 44.6 Å². The molecule has 6 unspecified atom stereocenters. The van der Waals surface area contributed by atoms with Gasteiger partial charge in [0, 0.05) is 12.8 Å². The first-order valence-electron chi connectivity index (χ1n) is 26.4. The van der Waals surface area contributed by atoms with Gasteiger partial charge in [0.2, 0.25) is 0 Å². The van der Waals surface area contributed by atoms with Crippen LogP contribution < -0.4 is 0 Å². The maximum atomic E-state index is 12.9. The molecule has 8 atom stereocenters. The molecule has 13 nitrogen and oxygen atoms in total. The van der Waals surface area contributed by atoms with E-state index in [0.29, 0.717) is 12.8 Å². The van der Waals surface area contributed by atoms with Crippen LogP contribution in [0.3, 0.4) is 0 Å². The summed E-state index contributed by atoms with van der Waals surface area (Å²) in [5.41, 5.74) is 0. The predicted molar refractivity (Wildman–Crippen MR) is 267 cm³/mol. The summed E-state index contributed by atoms with van der Waals surface area (Å²) in [4.78, 5) is 35.9. The largest absolute Gasteiger partial charge is 0.472 e. The van der Waals surface area contributed by atoms with Crippen molar-refractivity contribution in [1.82, 2.24) is 0 Å². The van der Waals surface area contributed by atoms with E-state index in [4.69, 9.17) is 18.5 Å². The van der Waals surface area contributed by atoms with E-state index in [0.717, 1.165) is 64.2 Å². The standard InChI is InChI=1S/C53H95O13P/c1-3-5-7-9-11-13-15-17-19-21-23-25-27-29-31-33-35-37-39-41-46(54)63-43-45(44-64-67(61,62)66-53-51(59)49(57)48(56)50(58)52(53)60)65-47(55)42-40-38-36-34-32-30-28-26-24-22-20-18-16-14-12-10-8-6-4-2/h12,14,18,20,24,26,30,32,45,48-53,56-60H,3-11,13,15-17,19,21-23,25,27-29,31,33-44H2,1-2H3,(H,61,62)/b14-12+,20-18+,26-24+,32-30+/t45-,48?,49-,50?,51?,52?,53?/m0/s1. The van der Waals surface area contributed by atoms with Crippen LogP contribution in [-0.2, 0) is 32.7 Å². The van der Waals surface area contributed by atoms with E-state index >= 15 is 0 Å². The highest BCUT2D eigenvalue weighted by molar-refractivity contribution is 7.47. The van der Waals surface area contributed by atoms with Crippen LogP contribution in [0.15, 0.2) is 48.6 Å². The Morgan fingerprint density at radius 3 is 1.25 bits per heavy atom. The predicted octanol–water partition coefficient (Wildman–Crippen LogP) is 11.5. The molecule has 1 aliphatic rings. The Bertz CT molecular complexity index is 1350. The van der Waals surface area contributed by atoms with Crippen LogP contribution in [0, 0.1) is 0 Å². The highest BCUT2D eigenvalue weighted by atomic mass is 31.2. The number of aliphatic hydroxyl groups is 5. The first-order valence-corrected chi connectivity index (χ1v) is 27.9. The van der Waals surface area contributed by atoms with E-state index in [1.54, 1.807) is 0 Å². The first kappa shape index (κ1) is 62.8. The molecule has 0 heterocycles. The van der Waals surface area contributed by atoms with Crippen molar-refractivity contribution in [3.8, 4) is 0 Å². The molecule has 1 fully saturated rings. The lowest BCUT2D eigenvalue weighted by atomic mass is 9.85. The number of hydrogen-bond donors (Lipinski definition) is 6. The van der Waals surface area contributed by atoms with Crippen LogP contribution in [0.2, 0.25) is 0 Å². The molecule has 0 saturated heterocycles. The highest BCUT2D eigenvalue weighted by Gasteiger charge is 2.51. The zero-order chi connectivity index (χ0) is 49.2. The molecule has 0 aromatic carbocycles. The van der Waals surface area contributed by atoms with Crippen LogP contribution in [0.4, 0.5) is 0 Å². The van der Waals surface area contributed by atoms with Gasteiger partial charge in [0.1, 0.15) is 43.2 Å². The number of hydrogen-bond acceptors (Lipinski definition) is 12. The van der Waals surface area contributed by atoms with Crippen molar-refractivity contribution in [2.24, 2.45) is 0 Å². The van der Waals surface area contributed by atoms with Gasteiger partial charge < -0.3 is 39.9 Å². The van der Waals surface area contributed by atoms with Gasteiger partial charge in [-0.1, -0.05) is 197 Å². The second-order valence-electron chi connectivity index (χ2n) is 18.4. The minimum Gasteiger partial charge on any atom is -0.462 e. The summed E-state index contributed by atoms with van der Waals surface area (Å²) in [5, 5.41) is 50.3. The number of allylic oxidation sites excluding steroid dienone is 8. The zero-order valence-corrected chi connectivity index (χ0v) is 42.6. The number of carbonyl (C=O) groups excluding carboxylic acids is 2. The Labute approximate surface area is 405 Å². The lowest BCUT2D eigenvalue weighted by Gasteiger charge is -2.41. The third-order valence-corrected chi connectivity index (χ3v) is 13.2. The Hall–Kier alpha value is -2.19. The summed E-state index contributed by atoms with van der Waals surface area (Å²) < 4.78 is 33.6. The van der Waals surface area contributed by atoms with Gasteiger partial charge in [-0.05, 0) is 57.8 Å². The lowest BCUT2D eigenvalue weighted by Crippen LogP contribution is -2.64. The molecule has 0 spiro atoms. The smallest absolute Gasteiger partial charge is 0.462 e. The Balaban J connectivity index is 2.41. The SMILES string of the molecule is CCCCC/C=C/C/C=C/C/C=C/C/C=C/CCCCCC(=O)O[C@@H](COC(=O)CCCCCCCCCCCCCCCCCCCCC)COP(=O)(O)OC1C(O)C(O)C(O)[C@H](O)C1O. The van der Waals surface area contributed by atoms with Crippen LogP contribution in [0.1, 0.15) is 219 Å². The van der Waals surface area contributed by atoms with Crippen molar-refractivity contribution in [3.63, 3.8) is 0 Å². The maximum Gasteiger partial charge on any atom is 0.472 e. The van der Waals surface area contributed by atoms with Crippen molar-refractivity contribution in [2.45, 2.75) is 262 Å². The summed E-state index contributed by atoms with van der Waals surface area (Å²) in [7, 11) is -5.13. The van der Waals surface area contributed by atoms with Gasteiger partial charge in [0.15, 0.2) is 6.10 Å². The second-order valence-corrected chi connectivity index (χ2v) is 19.8. The molecule has 0 amide bonds. The number of ether oxygens (including phenoxy) is 2. The van der Waals surface area contributed by atoms with Gasteiger partial charge >= 0.3 is 19.8 Å². The van der Waals surface area contributed by atoms with Gasteiger partial charge in [-0.15, -0.1) is 0 Å². The van der Waals surface area contributed by atoms with Gasteiger partial charge in [0.25, 0.3) is 0 Å². The molecule has 0 radical (unpaired) electrons. The van der Waals surface area contributed by atoms with E-state index in [1.165, 1.54) is 116 Å². The third kappa shape index (κ3) is 34.7. The van der Waals surface area contributed by atoms with Gasteiger partial charge in [-0.3, -0.25) is 18.6 Å². The monoisotopic (exact) mass is 971 g/mol. The topological polar surface area (TPSA) is 210 Å². The highest BCUT2D eigenvalue weighted by Crippen LogP contribution is 2.47. The molecular weight excluding hydrogens is 876 g/mol. The van der Waals surface area contributed by atoms with E-state index in [1.807, 2.05) is 0 Å². The van der Waals surface area contributed by atoms with Crippen molar-refractivity contribution < 1.29 is 63.1 Å². The van der Waals surface area contributed by atoms with Crippen molar-refractivity contribution in [3.05, 3.63) is 48.6 Å². The van der Waals surface area contributed by atoms with Crippen molar-refractivity contribution >= 4 is 19.8 Å². The maximum absolute atomic E-state index is 12.9. The summed E-state index contributed by atoms with van der Waals surface area (Å²) >= 11 is 0. The summed E-state index contributed by atoms with van der Waals surface area (Å²) in [5.74, 6) is -1.13. The number of unbranched alkanes of at least 4 members (excludes halogenated alkanes) is 24. The molecule has 0 aromatic heterocycles. The zero-order valence-electron chi connectivity index (χ0n) is 41.7. The van der Waals surface area contributed by atoms with E-state index in [-0.39, 0.29) is 12.8 Å². The molecule has 0 bridgehead atoms. The number of rotatable bonds is 44. The molecule has 1 rings (SSSR count). The molecule has 1 saturated carbocycles. The van der Waals surface area contributed by atoms with Crippen molar-refractivity contribution in [2.75, 3.05) is 13.2 Å². The Morgan fingerprint density at radius 2 is 0.806 bits per heavy atom. The number of esters is 2. The number of phosphoric acid groups is 1. The van der Waals surface area contributed by atoms with Gasteiger partial charge in [0.05, 0.1) is 6.61 Å². The minimum absolute atomic E-state index is 0.0598. The fraction of sp³-hybridized carbons (Fsp3) is 0.811. The molecule has 67 heavy (non-hydrogen) atoms.